The molecule has 2 aromatic rings. The van der Waals surface area contributed by atoms with E-state index < -0.39 is 10.0 Å². The van der Waals surface area contributed by atoms with Gasteiger partial charge in [0, 0.05) is 26.6 Å². The summed E-state index contributed by atoms with van der Waals surface area (Å²) in [5.74, 6) is 0.760. The number of aryl methyl sites for hydroxylation is 1. The van der Waals surface area contributed by atoms with Crippen LogP contribution in [0.25, 0.3) is 0 Å². The molecular weight excluding hydrogens is 364 g/mol. The molecule has 0 spiro atoms. The molecule has 0 bridgehead atoms. The maximum absolute atomic E-state index is 12.5. The highest BCUT2D eigenvalue weighted by atomic mass is 32.2. The van der Waals surface area contributed by atoms with Crippen LogP contribution in [-0.2, 0) is 21.2 Å². The van der Waals surface area contributed by atoms with E-state index in [9.17, 15) is 13.2 Å². The fraction of sp³-hybridized carbons (Fsp3) is 0.450. The van der Waals surface area contributed by atoms with Crippen molar-refractivity contribution in [3.8, 4) is 0 Å². The Hall–Kier alpha value is -2.12. The molecule has 1 aromatic heterocycles. The number of furan rings is 1. The molecule has 0 N–H and O–H groups in total. The maximum Gasteiger partial charge on any atom is 0.243 e. The zero-order valence-electron chi connectivity index (χ0n) is 16.4. The van der Waals surface area contributed by atoms with E-state index >= 15 is 0 Å². The Labute approximate surface area is 161 Å². The smallest absolute Gasteiger partial charge is 0.243 e. The molecule has 0 fully saturated rings. The zero-order chi connectivity index (χ0) is 20.0. The second kappa shape index (κ2) is 9.19. The number of hydrogen-bond acceptors (Lipinski definition) is 4. The van der Waals surface area contributed by atoms with E-state index in [1.54, 1.807) is 48.5 Å². The number of amides is 1. The Morgan fingerprint density at radius 1 is 1.11 bits per heavy atom. The lowest BCUT2D eigenvalue weighted by Gasteiger charge is -2.23. The minimum absolute atomic E-state index is 0.0127. The fourth-order valence-electron chi connectivity index (χ4n) is 2.90. The second-order valence-corrected chi connectivity index (χ2v) is 8.37. The highest BCUT2D eigenvalue weighted by molar-refractivity contribution is 7.89. The largest absolute Gasteiger partial charge is 0.467 e. The molecule has 6 nitrogen and oxygen atoms in total. The molecule has 0 aliphatic rings. The van der Waals surface area contributed by atoms with Crippen molar-refractivity contribution in [1.29, 1.82) is 0 Å². The van der Waals surface area contributed by atoms with Crippen LogP contribution in [0.5, 0.6) is 0 Å². The third-order valence-electron chi connectivity index (χ3n) is 4.82. The lowest BCUT2D eigenvalue weighted by Crippen LogP contribution is -2.30. The summed E-state index contributed by atoms with van der Waals surface area (Å²) >= 11 is 0. The number of carbonyl (C=O) groups excluding carboxylic acids is 1. The molecule has 0 aliphatic heterocycles. The molecule has 7 heteroatoms. The summed E-state index contributed by atoms with van der Waals surface area (Å²) in [6, 6.07) is 10.3. The van der Waals surface area contributed by atoms with E-state index in [0.29, 0.717) is 25.9 Å². The summed E-state index contributed by atoms with van der Waals surface area (Å²) < 4.78 is 31.8. The second-order valence-electron chi connectivity index (χ2n) is 6.43. The van der Waals surface area contributed by atoms with E-state index in [0.717, 1.165) is 11.3 Å². The summed E-state index contributed by atoms with van der Waals surface area (Å²) in [7, 11) is -1.69. The molecule has 0 saturated heterocycles. The van der Waals surface area contributed by atoms with Crippen molar-refractivity contribution in [3.05, 3.63) is 54.0 Å². The molecular formula is C20H28N2O4S. The van der Waals surface area contributed by atoms with E-state index in [1.165, 1.54) is 4.31 Å². The molecule has 1 atom stereocenters. The Morgan fingerprint density at radius 3 is 2.26 bits per heavy atom. The van der Waals surface area contributed by atoms with Crippen LogP contribution in [0.1, 0.15) is 44.6 Å². The van der Waals surface area contributed by atoms with Gasteiger partial charge in [-0.2, -0.15) is 4.31 Å². The first kappa shape index (κ1) is 21.2. The molecule has 0 aliphatic carbocycles. The summed E-state index contributed by atoms with van der Waals surface area (Å²) in [6.07, 6.45) is 2.50. The van der Waals surface area contributed by atoms with Gasteiger partial charge in [0.05, 0.1) is 17.2 Å². The van der Waals surface area contributed by atoms with Crippen LogP contribution < -0.4 is 0 Å². The van der Waals surface area contributed by atoms with Crippen LogP contribution in [0.4, 0.5) is 0 Å². The quantitative estimate of drug-likeness (QED) is 0.655. The number of rotatable bonds is 9. The van der Waals surface area contributed by atoms with E-state index in [1.807, 2.05) is 26.8 Å². The standard InChI is InChI=1S/C20H28N2O4S/c1-5-22(6-2)27(24,25)18-12-9-17(10-13-18)11-14-20(23)21(4)16(3)19-8-7-15-26-19/h7-10,12-13,15-16H,5-6,11,14H2,1-4H3. The Morgan fingerprint density at radius 2 is 1.74 bits per heavy atom. The molecule has 1 unspecified atom stereocenters. The molecule has 1 amide bonds. The molecule has 27 heavy (non-hydrogen) atoms. The van der Waals surface area contributed by atoms with Gasteiger partial charge in [-0.3, -0.25) is 4.79 Å². The van der Waals surface area contributed by atoms with Crippen molar-refractivity contribution in [2.75, 3.05) is 20.1 Å². The van der Waals surface area contributed by atoms with Crippen molar-refractivity contribution in [3.63, 3.8) is 0 Å². The number of hydrogen-bond donors (Lipinski definition) is 0. The molecule has 2 rings (SSSR count). The molecule has 148 valence electrons. The Bertz CT molecular complexity index is 825. The van der Waals surface area contributed by atoms with Crippen molar-refractivity contribution < 1.29 is 17.6 Å². The van der Waals surface area contributed by atoms with Gasteiger partial charge in [0.15, 0.2) is 0 Å². The molecule has 0 saturated carbocycles. The van der Waals surface area contributed by atoms with Gasteiger partial charge in [0.25, 0.3) is 0 Å². The van der Waals surface area contributed by atoms with Gasteiger partial charge < -0.3 is 9.32 Å². The Kier molecular flexibility index (Phi) is 7.21. The lowest BCUT2D eigenvalue weighted by molar-refractivity contribution is -0.132. The van der Waals surface area contributed by atoms with Gasteiger partial charge in [-0.15, -0.1) is 0 Å². The average Bonchev–Trinajstić information content (AvgIpc) is 3.20. The first-order valence-corrected chi connectivity index (χ1v) is 10.6. The van der Waals surface area contributed by atoms with Gasteiger partial charge in [0.2, 0.25) is 15.9 Å². The minimum Gasteiger partial charge on any atom is -0.467 e. The number of nitrogens with zero attached hydrogens (tertiary/aromatic N) is 2. The minimum atomic E-state index is -3.45. The number of sulfonamides is 1. The molecule has 0 radical (unpaired) electrons. The SMILES string of the molecule is CCN(CC)S(=O)(=O)c1ccc(CCC(=O)N(C)C(C)c2ccco2)cc1. The first-order valence-electron chi connectivity index (χ1n) is 9.19. The number of carbonyl (C=O) groups is 1. The fourth-order valence-corrected chi connectivity index (χ4v) is 4.36. The topological polar surface area (TPSA) is 70.8 Å². The normalized spacial score (nSPS) is 12.9. The van der Waals surface area contributed by atoms with Crippen LogP contribution in [0, 0.1) is 0 Å². The van der Waals surface area contributed by atoms with Crippen molar-refractivity contribution in [1.82, 2.24) is 9.21 Å². The van der Waals surface area contributed by atoms with Crippen molar-refractivity contribution >= 4 is 15.9 Å². The van der Waals surface area contributed by atoms with Crippen molar-refractivity contribution in [2.45, 2.75) is 44.6 Å². The number of benzene rings is 1. The van der Waals surface area contributed by atoms with Gasteiger partial charge >= 0.3 is 0 Å². The van der Waals surface area contributed by atoms with Crippen LogP contribution in [0.3, 0.4) is 0 Å². The van der Waals surface area contributed by atoms with Crippen LogP contribution in [-0.4, -0.2) is 43.7 Å². The van der Waals surface area contributed by atoms with Crippen LogP contribution in [0.15, 0.2) is 52.0 Å². The highest BCUT2D eigenvalue weighted by Crippen LogP contribution is 2.21. The summed E-state index contributed by atoms with van der Waals surface area (Å²) in [5.41, 5.74) is 0.931. The van der Waals surface area contributed by atoms with Crippen molar-refractivity contribution in [2.24, 2.45) is 0 Å². The average molecular weight is 393 g/mol. The summed E-state index contributed by atoms with van der Waals surface area (Å²) in [6.45, 7) is 6.44. The van der Waals surface area contributed by atoms with E-state index in [-0.39, 0.29) is 16.8 Å². The van der Waals surface area contributed by atoms with Gasteiger partial charge in [-0.1, -0.05) is 26.0 Å². The van der Waals surface area contributed by atoms with E-state index in [4.69, 9.17) is 4.42 Å². The third-order valence-corrected chi connectivity index (χ3v) is 6.89. The van der Waals surface area contributed by atoms with E-state index in [2.05, 4.69) is 0 Å². The third kappa shape index (κ3) is 4.99. The summed E-state index contributed by atoms with van der Waals surface area (Å²) in [4.78, 5) is 14.4. The van der Waals surface area contributed by atoms with Gasteiger partial charge in [-0.25, -0.2) is 8.42 Å². The van der Waals surface area contributed by atoms with Crippen LogP contribution >= 0.6 is 0 Å². The molecule has 1 heterocycles. The van der Waals surface area contributed by atoms with Gasteiger partial charge in [-0.05, 0) is 43.2 Å². The predicted molar refractivity (Wildman–Crippen MR) is 105 cm³/mol. The zero-order valence-corrected chi connectivity index (χ0v) is 17.2. The predicted octanol–water partition coefficient (Wildman–Crippen LogP) is 3.46. The first-order chi connectivity index (χ1) is 12.8. The highest BCUT2D eigenvalue weighted by Gasteiger charge is 2.22. The maximum atomic E-state index is 12.5. The molecule has 1 aromatic carbocycles. The summed E-state index contributed by atoms with van der Waals surface area (Å²) in [5, 5.41) is 0. The monoisotopic (exact) mass is 392 g/mol. The van der Waals surface area contributed by atoms with Gasteiger partial charge in [0.1, 0.15) is 5.76 Å². The lowest BCUT2D eigenvalue weighted by atomic mass is 10.1. The van der Waals surface area contributed by atoms with Crippen LogP contribution in [0.2, 0.25) is 0 Å². The Balaban J connectivity index is 1.98.